The smallest absolute Gasteiger partial charge is 0.248 e. The molecule has 3 rings (SSSR count). The molecule has 1 aromatic carbocycles. The van der Waals surface area contributed by atoms with Crippen LogP contribution in [-0.2, 0) is 17.8 Å². The number of ether oxygens (including phenoxy) is 1. The summed E-state index contributed by atoms with van der Waals surface area (Å²) in [5.74, 6) is 0.180. The van der Waals surface area contributed by atoms with Gasteiger partial charge in [-0.3, -0.25) is 9.78 Å². The van der Waals surface area contributed by atoms with Crippen molar-refractivity contribution in [2.75, 3.05) is 7.11 Å². The number of hydrogen-bond donors (Lipinski definition) is 1. The zero-order valence-electron chi connectivity index (χ0n) is 16.3. The Morgan fingerprint density at radius 2 is 1.79 bits per heavy atom. The minimum atomic E-state index is -0.466. The quantitative estimate of drug-likeness (QED) is 0.684. The molecule has 0 fully saturated rings. The number of methoxy groups -OCH3 is 1. The van der Waals surface area contributed by atoms with E-state index in [1.807, 2.05) is 56.7 Å². The number of carbonyl (C=O) groups excluding carboxylic acids is 1. The molecule has 6 nitrogen and oxygen atoms in total. The molecule has 0 spiro atoms. The van der Waals surface area contributed by atoms with E-state index in [2.05, 4.69) is 15.0 Å². The maximum atomic E-state index is 11.9. The van der Waals surface area contributed by atoms with Crippen molar-refractivity contribution in [3.63, 3.8) is 0 Å². The molecule has 1 atom stereocenters. The van der Waals surface area contributed by atoms with Crippen LogP contribution in [0.5, 0.6) is 0 Å². The lowest BCUT2D eigenvalue weighted by Crippen LogP contribution is -2.14. The number of aromatic nitrogens is 3. The summed E-state index contributed by atoms with van der Waals surface area (Å²) in [6.45, 7) is 4.26. The number of rotatable bonds is 7. The SMILES string of the molecule is COCc1cc(C(N)=O)cc(C(Cc2ccc(C)cn2)c2cnc(C)nc2)c1. The number of pyridine rings is 1. The van der Waals surface area contributed by atoms with Crippen LogP contribution in [0.3, 0.4) is 0 Å². The van der Waals surface area contributed by atoms with Crippen molar-refractivity contribution in [2.24, 2.45) is 5.73 Å². The molecule has 6 heteroatoms. The van der Waals surface area contributed by atoms with E-state index < -0.39 is 5.91 Å². The standard InChI is InChI=1S/C22H24N4O2/c1-14-4-5-20(26-10-14)9-21(19-11-24-15(2)25-12-19)17-6-16(13-28-3)7-18(8-17)22(23)27/h4-8,10-12,21H,9,13H2,1-3H3,(H2,23,27). The number of benzene rings is 1. The third kappa shape index (κ3) is 4.78. The van der Waals surface area contributed by atoms with Gasteiger partial charge >= 0.3 is 0 Å². The Morgan fingerprint density at radius 1 is 1.04 bits per heavy atom. The van der Waals surface area contributed by atoms with E-state index in [0.29, 0.717) is 24.4 Å². The molecule has 144 valence electrons. The predicted molar refractivity (Wildman–Crippen MR) is 107 cm³/mol. The normalized spacial score (nSPS) is 12.0. The fourth-order valence-corrected chi connectivity index (χ4v) is 3.15. The minimum absolute atomic E-state index is 0.0642. The first-order chi connectivity index (χ1) is 13.5. The van der Waals surface area contributed by atoms with Crippen LogP contribution in [0.1, 0.15) is 50.0 Å². The first-order valence-corrected chi connectivity index (χ1v) is 9.09. The molecule has 0 saturated heterocycles. The van der Waals surface area contributed by atoms with Crippen LogP contribution in [0.4, 0.5) is 0 Å². The average molecular weight is 376 g/mol. The van der Waals surface area contributed by atoms with E-state index in [4.69, 9.17) is 10.5 Å². The fourth-order valence-electron chi connectivity index (χ4n) is 3.15. The fraction of sp³-hybridized carbons (Fsp3) is 0.273. The number of aryl methyl sites for hydroxylation is 2. The molecule has 0 aliphatic rings. The van der Waals surface area contributed by atoms with Crippen molar-refractivity contribution >= 4 is 5.91 Å². The lowest BCUT2D eigenvalue weighted by atomic mass is 9.86. The molecule has 3 aromatic rings. The lowest BCUT2D eigenvalue weighted by molar-refractivity contribution is 0.1000. The van der Waals surface area contributed by atoms with Crippen LogP contribution < -0.4 is 5.73 Å². The molecule has 1 amide bonds. The highest BCUT2D eigenvalue weighted by atomic mass is 16.5. The number of amides is 1. The molecule has 0 saturated carbocycles. The van der Waals surface area contributed by atoms with Crippen LogP contribution in [0, 0.1) is 13.8 Å². The van der Waals surface area contributed by atoms with Crippen molar-refractivity contribution in [1.82, 2.24) is 15.0 Å². The molecule has 2 N–H and O–H groups in total. The van der Waals surface area contributed by atoms with Gasteiger partial charge in [-0.1, -0.05) is 12.1 Å². The molecule has 28 heavy (non-hydrogen) atoms. The first kappa shape index (κ1) is 19.6. The summed E-state index contributed by atoms with van der Waals surface area (Å²) in [5.41, 5.74) is 10.9. The van der Waals surface area contributed by atoms with Gasteiger partial charge < -0.3 is 10.5 Å². The number of nitrogens with two attached hydrogens (primary N) is 1. The molecule has 0 bridgehead atoms. The van der Waals surface area contributed by atoms with Gasteiger partial charge in [0.25, 0.3) is 0 Å². The van der Waals surface area contributed by atoms with Gasteiger partial charge in [0, 0.05) is 49.3 Å². The highest BCUT2D eigenvalue weighted by Crippen LogP contribution is 2.29. The van der Waals surface area contributed by atoms with Crippen molar-refractivity contribution < 1.29 is 9.53 Å². The van der Waals surface area contributed by atoms with E-state index in [9.17, 15) is 4.79 Å². The van der Waals surface area contributed by atoms with Crippen molar-refractivity contribution in [3.8, 4) is 0 Å². The summed E-state index contributed by atoms with van der Waals surface area (Å²) in [7, 11) is 1.62. The molecule has 0 radical (unpaired) electrons. The molecular formula is C22H24N4O2. The number of nitrogens with zero attached hydrogens (tertiary/aromatic N) is 3. The Labute approximate surface area is 164 Å². The van der Waals surface area contributed by atoms with Gasteiger partial charge in [0.1, 0.15) is 5.82 Å². The van der Waals surface area contributed by atoms with Crippen LogP contribution in [0.25, 0.3) is 0 Å². The zero-order valence-corrected chi connectivity index (χ0v) is 16.3. The number of primary amides is 1. The summed E-state index contributed by atoms with van der Waals surface area (Å²) in [4.78, 5) is 25.1. The zero-order chi connectivity index (χ0) is 20.1. The van der Waals surface area contributed by atoms with E-state index in [-0.39, 0.29) is 5.92 Å². The third-order valence-corrected chi connectivity index (χ3v) is 4.60. The van der Waals surface area contributed by atoms with Gasteiger partial charge in [-0.2, -0.15) is 0 Å². The van der Waals surface area contributed by atoms with E-state index in [1.54, 1.807) is 13.2 Å². The van der Waals surface area contributed by atoms with Crippen LogP contribution in [0.2, 0.25) is 0 Å². The van der Waals surface area contributed by atoms with Gasteiger partial charge in [0.15, 0.2) is 0 Å². The molecule has 0 aliphatic carbocycles. The Kier molecular flexibility index (Phi) is 6.11. The molecule has 0 aliphatic heterocycles. The van der Waals surface area contributed by atoms with Crippen LogP contribution in [0.15, 0.2) is 48.9 Å². The molecule has 1 unspecified atom stereocenters. The number of hydrogen-bond acceptors (Lipinski definition) is 5. The molecular weight excluding hydrogens is 352 g/mol. The Morgan fingerprint density at radius 3 is 2.39 bits per heavy atom. The Hall–Kier alpha value is -3.12. The van der Waals surface area contributed by atoms with Gasteiger partial charge in [-0.15, -0.1) is 0 Å². The van der Waals surface area contributed by atoms with E-state index in [1.165, 1.54) is 0 Å². The second-order valence-corrected chi connectivity index (χ2v) is 6.91. The Bertz CT molecular complexity index is 953. The summed E-state index contributed by atoms with van der Waals surface area (Å²) in [6, 6.07) is 9.70. The average Bonchev–Trinajstić information content (AvgIpc) is 2.68. The van der Waals surface area contributed by atoms with Gasteiger partial charge in [0.2, 0.25) is 5.91 Å². The second kappa shape index (κ2) is 8.71. The summed E-state index contributed by atoms with van der Waals surface area (Å²) in [5, 5.41) is 0. The van der Waals surface area contributed by atoms with Gasteiger partial charge in [-0.25, -0.2) is 9.97 Å². The third-order valence-electron chi connectivity index (χ3n) is 4.60. The van der Waals surface area contributed by atoms with Gasteiger partial charge in [0.05, 0.1) is 6.61 Å². The maximum absolute atomic E-state index is 11.9. The molecule has 2 aromatic heterocycles. The predicted octanol–water partition coefficient (Wildman–Crippen LogP) is 3.11. The van der Waals surface area contributed by atoms with Crippen molar-refractivity contribution in [2.45, 2.75) is 32.8 Å². The largest absolute Gasteiger partial charge is 0.380 e. The summed E-state index contributed by atoms with van der Waals surface area (Å²) in [6.07, 6.45) is 6.16. The van der Waals surface area contributed by atoms with E-state index in [0.717, 1.165) is 27.9 Å². The summed E-state index contributed by atoms with van der Waals surface area (Å²) < 4.78 is 5.26. The lowest BCUT2D eigenvalue weighted by Gasteiger charge is -2.19. The van der Waals surface area contributed by atoms with Crippen molar-refractivity contribution in [3.05, 3.63) is 88.3 Å². The number of carbonyl (C=O) groups is 1. The van der Waals surface area contributed by atoms with Crippen molar-refractivity contribution in [1.29, 1.82) is 0 Å². The highest BCUT2D eigenvalue weighted by Gasteiger charge is 2.19. The van der Waals surface area contributed by atoms with E-state index >= 15 is 0 Å². The monoisotopic (exact) mass is 376 g/mol. The minimum Gasteiger partial charge on any atom is -0.380 e. The Balaban J connectivity index is 2.08. The first-order valence-electron chi connectivity index (χ1n) is 9.09. The second-order valence-electron chi connectivity index (χ2n) is 6.91. The highest BCUT2D eigenvalue weighted by molar-refractivity contribution is 5.93. The summed E-state index contributed by atoms with van der Waals surface area (Å²) >= 11 is 0. The van der Waals surface area contributed by atoms with Crippen LogP contribution in [-0.4, -0.2) is 28.0 Å². The topological polar surface area (TPSA) is 91.0 Å². The van der Waals surface area contributed by atoms with Gasteiger partial charge in [-0.05, 0) is 54.3 Å². The van der Waals surface area contributed by atoms with Crippen LogP contribution >= 0.6 is 0 Å². The maximum Gasteiger partial charge on any atom is 0.248 e. The molecule has 2 heterocycles.